The number of rotatable bonds is 10. The third-order valence-electron chi connectivity index (χ3n) is 4.43. The summed E-state index contributed by atoms with van der Waals surface area (Å²) in [6.45, 7) is -1.87. The summed E-state index contributed by atoms with van der Waals surface area (Å²) in [5.74, 6) is -50.1. The first-order valence-corrected chi connectivity index (χ1v) is 7.99. The number of hydrogen-bond acceptors (Lipinski definition) is 3. The Kier molecular flexibility index (Phi) is 7.84. The van der Waals surface area contributed by atoms with Crippen molar-refractivity contribution in [1.82, 2.24) is 0 Å². The van der Waals surface area contributed by atoms with Gasteiger partial charge in [-0.2, -0.15) is 65.9 Å². The molecule has 0 spiro atoms. The summed E-state index contributed by atoms with van der Waals surface area (Å²) >= 11 is 0. The van der Waals surface area contributed by atoms with Crippen LogP contribution in [0.4, 0.5) is 70.2 Å². The fourth-order valence-electron chi connectivity index (χ4n) is 1.96. The fourth-order valence-corrected chi connectivity index (χ4v) is 1.96. The molecule has 19 heteroatoms. The first kappa shape index (κ1) is 32.0. The van der Waals surface area contributed by atoms with Gasteiger partial charge in [0, 0.05) is 6.08 Å². The Bertz CT molecular complexity index is 781. The Labute approximate surface area is 178 Å². The van der Waals surface area contributed by atoms with E-state index in [1.807, 2.05) is 0 Å². The largest absolute Gasteiger partial charge is 0.459 e. The monoisotopic (exact) mass is 544 g/mol. The van der Waals surface area contributed by atoms with Crippen LogP contribution in [-0.4, -0.2) is 70.7 Å². The summed E-state index contributed by atoms with van der Waals surface area (Å²) in [6.07, 6.45) is -7.05. The molecule has 0 aromatic carbocycles. The van der Waals surface area contributed by atoms with Gasteiger partial charge in [0.15, 0.2) is 5.60 Å². The van der Waals surface area contributed by atoms with Crippen molar-refractivity contribution in [3.05, 3.63) is 12.7 Å². The number of halogens is 16. The van der Waals surface area contributed by atoms with E-state index in [1.54, 1.807) is 0 Å². The number of carbonyl (C=O) groups is 1. The van der Waals surface area contributed by atoms with Crippen LogP contribution in [0.3, 0.4) is 0 Å². The van der Waals surface area contributed by atoms with Crippen molar-refractivity contribution in [2.75, 3.05) is 6.61 Å². The van der Waals surface area contributed by atoms with Crippen LogP contribution in [0.1, 0.15) is 13.8 Å². The molecule has 34 heavy (non-hydrogen) atoms. The number of carbonyl (C=O) groups excluding carboxylic acids is 1. The minimum Gasteiger partial charge on any atom is -0.459 e. The first-order valence-electron chi connectivity index (χ1n) is 7.99. The molecule has 0 fully saturated rings. The van der Waals surface area contributed by atoms with Gasteiger partial charge in [0.05, 0.1) is 0 Å². The molecule has 1 N–H and O–H groups in total. The van der Waals surface area contributed by atoms with Crippen molar-refractivity contribution in [2.45, 2.75) is 66.8 Å². The van der Waals surface area contributed by atoms with Crippen LogP contribution in [0.5, 0.6) is 0 Å². The maximum Gasteiger partial charge on any atom is 0.428 e. The summed E-state index contributed by atoms with van der Waals surface area (Å²) in [6, 6.07) is 0. The predicted molar refractivity (Wildman–Crippen MR) is 77.0 cm³/mol. The lowest BCUT2D eigenvalue weighted by Gasteiger charge is -2.45. The molecular weight excluding hydrogens is 532 g/mol. The topological polar surface area (TPSA) is 46.5 Å². The van der Waals surface area contributed by atoms with Crippen LogP contribution < -0.4 is 0 Å². The van der Waals surface area contributed by atoms with Crippen molar-refractivity contribution in [1.29, 1.82) is 0 Å². The van der Waals surface area contributed by atoms with E-state index in [0.29, 0.717) is 0 Å². The van der Waals surface area contributed by atoms with Gasteiger partial charge in [-0.05, 0) is 13.8 Å². The maximum atomic E-state index is 14.0. The highest BCUT2D eigenvalue weighted by Gasteiger charge is 2.94. The molecule has 2 atom stereocenters. The molecule has 0 saturated heterocycles. The average molecular weight is 544 g/mol. The second-order valence-corrected chi connectivity index (χ2v) is 7.03. The molecule has 0 aliphatic rings. The summed E-state index contributed by atoms with van der Waals surface area (Å²) in [5.41, 5.74) is -11.6. The van der Waals surface area contributed by atoms with Gasteiger partial charge in [-0.25, -0.2) is 9.18 Å². The van der Waals surface area contributed by atoms with Crippen LogP contribution in [0, 0.1) is 0 Å². The molecule has 0 rings (SSSR count). The number of ether oxygens (including phenoxy) is 1. The zero-order valence-corrected chi connectivity index (χ0v) is 16.3. The van der Waals surface area contributed by atoms with Crippen molar-refractivity contribution in [3.8, 4) is 0 Å². The van der Waals surface area contributed by atoms with Gasteiger partial charge in [-0.15, -0.1) is 0 Å². The quantitative estimate of drug-likeness (QED) is 0.223. The van der Waals surface area contributed by atoms with E-state index in [0.717, 1.165) is 0 Å². The Morgan fingerprint density at radius 1 is 0.676 bits per heavy atom. The fraction of sp³-hybridized carbons (Fsp3) is 0.800. The van der Waals surface area contributed by atoms with E-state index in [4.69, 9.17) is 0 Å². The third-order valence-corrected chi connectivity index (χ3v) is 4.43. The first-order chi connectivity index (χ1) is 14.5. The molecule has 0 bridgehead atoms. The van der Waals surface area contributed by atoms with Gasteiger partial charge in [0.1, 0.15) is 6.61 Å². The number of alkyl halides is 16. The Balaban J connectivity index is 6.76. The Morgan fingerprint density at radius 3 is 1.26 bits per heavy atom. The molecule has 0 amide bonds. The molecule has 0 aromatic heterocycles. The van der Waals surface area contributed by atoms with Crippen molar-refractivity contribution >= 4 is 5.97 Å². The highest BCUT2D eigenvalue weighted by Crippen LogP contribution is 2.64. The molecule has 202 valence electrons. The van der Waals surface area contributed by atoms with Crippen LogP contribution in [-0.2, 0) is 9.53 Å². The van der Waals surface area contributed by atoms with Crippen molar-refractivity contribution in [3.63, 3.8) is 0 Å². The Hall–Kier alpha value is -1.95. The van der Waals surface area contributed by atoms with Gasteiger partial charge in [-0.1, -0.05) is 6.58 Å². The van der Waals surface area contributed by atoms with Gasteiger partial charge in [0.2, 0.25) is 0 Å². The lowest BCUT2D eigenvalue weighted by atomic mass is 9.82. The van der Waals surface area contributed by atoms with E-state index in [9.17, 15) is 80.1 Å². The second-order valence-electron chi connectivity index (χ2n) is 7.03. The molecule has 3 nitrogen and oxygen atoms in total. The molecule has 0 aliphatic heterocycles. The summed E-state index contributed by atoms with van der Waals surface area (Å²) < 4.78 is 218. The molecule has 0 aliphatic carbocycles. The Morgan fingerprint density at radius 2 is 0.971 bits per heavy atom. The van der Waals surface area contributed by atoms with E-state index in [1.165, 1.54) is 0 Å². The van der Waals surface area contributed by atoms with Gasteiger partial charge in [-0.3, -0.25) is 0 Å². The SMILES string of the molecule is C=CC(=O)OCC(C)(O)C(F)(F)C(F)(F)C(F)(F)C(F)(F)C(F)(F)C(F)(F)C(C)(F)C(F)(F)F. The molecule has 0 radical (unpaired) electrons. The van der Waals surface area contributed by atoms with Gasteiger partial charge in [0.25, 0.3) is 5.67 Å². The van der Waals surface area contributed by atoms with E-state index in [2.05, 4.69) is 11.3 Å². The van der Waals surface area contributed by atoms with Crippen LogP contribution >= 0.6 is 0 Å². The van der Waals surface area contributed by atoms with Crippen LogP contribution in [0.25, 0.3) is 0 Å². The smallest absolute Gasteiger partial charge is 0.428 e. The molecular formula is C15H12F16O3. The molecule has 2 unspecified atom stereocenters. The maximum absolute atomic E-state index is 14.0. The van der Waals surface area contributed by atoms with E-state index >= 15 is 0 Å². The standard InChI is InChI=1S/C15H12F16O3/c1-4-6(32)34-5-7(2,33)9(17,18)11(21,22)13(25,26)14(27,28)12(23,24)10(19,20)8(3,16)15(29,30)31/h4,33H,1,5H2,2-3H3. The highest BCUT2D eigenvalue weighted by molar-refractivity contribution is 5.81. The van der Waals surface area contributed by atoms with Crippen LogP contribution in [0.2, 0.25) is 0 Å². The minimum atomic E-state index is -8.52. The lowest BCUT2D eigenvalue weighted by Crippen LogP contribution is -2.76. The van der Waals surface area contributed by atoms with E-state index in [-0.39, 0.29) is 6.08 Å². The normalized spacial score (nSPS) is 18.7. The predicted octanol–water partition coefficient (Wildman–Crippen LogP) is 5.57. The minimum absolute atomic E-state index is 0.131. The summed E-state index contributed by atoms with van der Waals surface area (Å²) in [4.78, 5) is 10.7. The van der Waals surface area contributed by atoms with Gasteiger partial charge >= 0.3 is 47.7 Å². The molecule has 0 heterocycles. The van der Waals surface area contributed by atoms with Crippen LogP contribution in [0.15, 0.2) is 12.7 Å². The second kappa shape index (κ2) is 8.32. The zero-order chi connectivity index (χ0) is 28.2. The zero-order valence-electron chi connectivity index (χ0n) is 16.3. The average Bonchev–Trinajstić information content (AvgIpc) is 2.63. The third kappa shape index (κ3) is 4.16. The number of hydrogen-bond donors (Lipinski definition) is 1. The van der Waals surface area contributed by atoms with E-state index < -0.39 is 79.4 Å². The van der Waals surface area contributed by atoms with Crippen molar-refractivity contribution < 1.29 is 84.9 Å². The molecule has 0 saturated carbocycles. The summed E-state index contributed by atoms with van der Waals surface area (Å²) in [5, 5.41) is 9.29. The van der Waals surface area contributed by atoms with Gasteiger partial charge < -0.3 is 9.84 Å². The van der Waals surface area contributed by atoms with Crippen molar-refractivity contribution in [2.24, 2.45) is 0 Å². The number of esters is 1. The lowest BCUT2D eigenvalue weighted by molar-refractivity contribution is -0.453. The summed E-state index contributed by atoms with van der Waals surface area (Å²) in [7, 11) is 0. The molecule has 0 aromatic rings. The highest BCUT2D eigenvalue weighted by atomic mass is 19.4. The number of aliphatic hydroxyl groups is 1.